The normalized spacial score (nSPS) is 12.8. The van der Waals surface area contributed by atoms with Crippen molar-refractivity contribution in [2.45, 2.75) is 22.2 Å². The molecule has 0 aliphatic heterocycles. The number of benzene rings is 2. The summed E-state index contributed by atoms with van der Waals surface area (Å²) >= 11 is 10.5. The Hall–Kier alpha value is -1.65. The Balaban J connectivity index is 2.32. The summed E-state index contributed by atoms with van der Waals surface area (Å²) in [6.07, 6.45) is -6.46. The van der Waals surface area contributed by atoms with E-state index in [2.05, 4.69) is 5.32 Å². The molecular formula is C16H8Cl2F7NOS. The van der Waals surface area contributed by atoms with Crippen LogP contribution in [-0.2, 0) is 0 Å². The van der Waals surface area contributed by atoms with E-state index in [1.165, 1.54) is 24.3 Å². The zero-order valence-electron chi connectivity index (χ0n) is 13.3. The maximum absolute atomic E-state index is 13.7. The van der Waals surface area contributed by atoms with Gasteiger partial charge in [-0.05, 0) is 42.1 Å². The first kappa shape index (κ1) is 22.6. The first-order valence-electron chi connectivity index (χ1n) is 7.13. The number of hydrogen-bond donors (Lipinski definition) is 1. The lowest BCUT2D eigenvalue weighted by atomic mass is 10.2. The van der Waals surface area contributed by atoms with E-state index in [1.807, 2.05) is 0 Å². The van der Waals surface area contributed by atoms with Crippen molar-refractivity contribution < 1.29 is 35.5 Å². The fraction of sp³-hybridized carbons (Fsp3) is 0.188. The number of rotatable bonds is 5. The van der Waals surface area contributed by atoms with Crippen LogP contribution in [0.2, 0.25) is 10.0 Å². The van der Waals surface area contributed by atoms with Crippen molar-refractivity contribution in [3.8, 4) is 0 Å². The lowest BCUT2D eigenvalue weighted by molar-refractivity contribution is -0.330. The van der Waals surface area contributed by atoms with Crippen molar-refractivity contribution >= 4 is 46.6 Å². The van der Waals surface area contributed by atoms with E-state index >= 15 is 0 Å². The molecule has 2 nitrogen and oxygen atoms in total. The van der Waals surface area contributed by atoms with Gasteiger partial charge in [0.05, 0.1) is 16.3 Å². The molecule has 0 fully saturated rings. The number of para-hydroxylation sites is 1. The molecule has 0 heterocycles. The third-order valence-electron chi connectivity index (χ3n) is 3.27. The summed E-state index contributed by atoms with van der Waals surface area (Å²) in [6, 6.07) is 8.11. The Bertz CT molecular complexity index is 890. The fourth-order valence-electron chi connectivity index (χ4n) is 1.89. The van der Waals surface area contributed by atoms with Gasteiger partial charge < -0.3 is 5.32 Å². The summed E-state index contributed by atoms with van der Waals surface area (Å²) in [5, 5.41) is -3.24. The highest BCUT2D eigenvalue weighted by atomic mass is 35.5. The van der Waals surface area contributed by atoms with Crippen LogP contribution < -0.4 is 5.32 Å². The summed E-state index contributed by atoms with van der Waals surface area (Å²) in [5.74, 6) is -7.19. The van der Waals surface area contributed by atoms with E-state index in [-0.39, 0.29) is 15.6 Å². The number of nitrogens with one attached hydrogen (secondary N) is 1. The zero-order valence-corrected chi connectivity index (χ0v) is 15.6. The molecule has 0 aliphatic carbocycles. The average Bonchev–Trinajstić information content (AvgIpc) is 2.55. The van der Waals surface area contributed by atoms with Gasteiger partial charge in [-0.3, -0.25) is 4.79 Å². The molecular weight excluding hydrogens is 458 g/mol. The molecule has 12 heteroatoms. The monoisotopic (exact) mass is 465 g/mol. The predicted octanol–water partition coefficient (Wildman–Crippen LogP) is 7.13. The number of thioether (sulfide) groups is 1. The molecule has 28 heavy (non-hydrogen) atoms. The molecule has 0 unspecified atom stereocenters. The van der Waals surface area contributed by atoms with Crippen molar-refractivity contribution in [2.24, 2.45) is 0 Å². The number of amides is 1. The second-order valence-corrected chi connectivity index (χ2v) is 7.27. The zero-order chi connectivity index (χ0) is 21.3. The molecule has 2 rings (SSSR count). The van der Waals surface area contributed by atoms with E-state index in [9.17, 15) is 35.5 Å². The quantitative estimate of drug-likeness (QED) is 0.375. The van der Waals surface area contributed by atoms with Crippen LogP contribution in [0.3, 0.4) is 0 Å². The number of hydrogen-bond acceptors (Lipinski definition) is 2. The predicted molar refractivity (Wildman–Crippen MR) is 92.7 cm³/mol. The number of anilines is 1. The van der Waals surface area contributed by atoms with Crippen molar-refractivity contribution in [1.82, 2.24) is 0 Å². The largest absolute Gasteiger partial charge is 0.460 e. The van der Waals surface area contributed by atoms with Crippen molar-refractivity contribution in [1.29, 1.82) is 0 Å². The minimum atomic E-state index is -6.46. The van der Waals surface area contributed by atoms with Crippen molar-refractivity contribution in [2.75, 3.05) is 5.32 Å². The van der Waals surface area contributed by atoms with Gasteiger partial charge in [0.15, 0.2) is 0 Å². The third-order valence-corrected chi connectivity index (χ3v) is 4.91. The Labute approximate surface area is 168 Å². The number of carbonyl (C=O) groups excluding carboxylic acids is 1. The van der Waals surface area contributed by atoms with E-state index < -0.39 is 45.6 Å². The van der Waals surface area contributed by atoms with Gasteiger partial charge in [0, 0.05) is 9.92 Å². The molecule has 0 saturated heterocycles. The van der Waals surface area contributed by atoms with Crippen LogP contribution in [0, 0.1) is 0 Å². The molecule has 0 saturated carbocycles. The minimum Gasteiger partial charge on any atom is -0.321 e. The highest BCUT2D eigenvalue weighted by Gasteiger charge is 2.73. The number of carbonyl (C=O) groups is 1. The van der Waals surface area contributed by atoms with E-state index in [1.54, 1.807) is 0 Å². The standard InChI is InChI=1S/C16H8Cl2F7NOS/c17-8-5-6-9(10(18)7-8)13(27)26-11-3-1-2-4-12(11)28-16(24,25)14(19,20)15(21,22)23/h1-7H,(H,26,27). The van der Waals surface area contributed by atoms with Crippen molar-refractivity contribution in [3.63, 3.8) is 0 Å². The van der Waals surface area contributed by atoms with Gasteiger partial charge in [0.25, 0.3) is 5.91 Å². The average molecular weight is 466 g/mol. The summed E-state index contributed by atoms with van der Waals surface area (Å²) in [4.78, 5) is 11.6. The summed E-state index contributed by atoms with van der Waals surface area (Å²) in [6.45, 7) is 0. The van der Waals surface area contributed by atoms with Crippen molar-refractivity contribution in [3.05, 3.63) is 58.1 Å². The summed E-state index contributed by atoms with van der Waals surface area (Å²) in [7, 11) is 0. The highest BCUT2D eigenvalue weighted by Crippen LogP contribution is 2.54. The first-order chi connectivity index (χ1) is 12.8. The Morgan fingerprint density at radius 1 is 0.929 bits per heavy atom. The number of halogens is 9. The second kappa shape index (κ2) is 8.00. The molecule has 152 valence electrons. The molecule has 1 N–H and O–H groups in total. The van der Waals surface area contributed by atoms with Gasteiger partial charge in [-0.1, -0.05) is 35.3 Å². The Morgan fingerprint density at radius 2 is 1.54 bits per heavy atom. The van der Waals surface area contributed by atoms with Gasteiger partial charge in [0.1, 0.15) is 0 Å². The smallest absolute Gasteiger partial charge is 0.321 e. The first-order valence-corrected chi connectivity index (χ1v) is 8.70. The van der Waals surface area contributed by atoms with Gasteiger partial charge in [-0.15, -0.1) is 0 Å². The van der Waals surface area contributed by atoms with Gasteiger partial charge >= 0.3 is 17.4 Å². The van der Waals surface area contributed by atoms with Crippen LogP contribution >= 0.6 is 35.0 Å². The minimum absolute atomic E-state index is 0.0796. The van der Waals surface area contributed by atoms with Crippen LogP contribution in [0.4, 0.5) is 36.4 Å². The lowest BCUT2D eigenvalue weighted by Crippen LogP contribution is -2.49. The van der Waals surface area contributed by atoms with Crippen LogP contribution in [0.1, 0.15) is 10.4 Å². The van der Waals surface area contributed by atoms with Crippen LogP contribution in [-0.4, -0.2) is 23.3 Å². The fourth-order valence-corrected chi connectivity index (χ4v) is 3.28. The Kier molecular flexibility index (Phi) is 6.47. The van der Waals surface area contributed by atoms with Crippen LogP contribution in [0.15, 0.2) is 47.4 Å². The Morgan fingerprint density at radius 3 is 2.11 bits per heavy atom. The van der Waals surface area contributed by atoms with E-state index in [4.69, 9.17) is 23.2 Å². The highest BCUT2D eigenvalue weighted by molar-refractivity contribution is 8.00. The summed E-state index contributed by atoms with van der Waals surface area (Å²) < 4.78 is 90.5. The molecule has 2 aromatic rings. The molecule has 2 aromatic carbocycles. The maximum atomic E-state index is 13.7. The van der Waals surface area contributed by atoms with Crippen LogP contribution in [0.5, 0.6) is 0 Å². The van der Waals surface area contributed by atoms with Gasteiger partial charge in [-0.25, -0.2) is 0 Å². The van der Waals surface area contributed by atoms with Gasteiger partial charge in [-0.2, -0.15) is 30.7 Å². The van der Waals surface area contributed by atoms with E-state index in [0.717, 1.165) is 18.2 Å². The SMILES string of the molecule is O=C(Nc1ccccc1SC(F)(F)C(F)(F)C(F)(F)F)c1ccc(Cl)cc1Cl. The second-order valence-electron chi connectivity index (χ2n) is 5.27. The lowest BCUT2D eigenvalue weighted by Gasteiger charge is -2.28. The molecule has 0 atom stereocenters. The third kappa shape index (κ3) is 4.66. The molecule has 0 aromatic heterocycles. The topological polar surface area (TPSA) is 29.1 Å². The van der Waals surface area contributed by atoms with E-state index in [0.29, 0.717) is 0 Å². The molecule has 0 bridgehead atoms. The summed E-state index contributed by atoms with van der Waals surface area (Å²) in [5.41, 5.74) is -0.514. The molecule has 0 aliphatic rings. The van der Waals surface area contributed by atoms with Gasteiger partial charge in [0.2, 0.25) is 0 Å². The molecule has 0 radical (unpaired) electrons. The molecule has 0 spiro atoms. The maximum Gasteiger partial charge on any atom is 0.460 e. The number of alkyl halides is 7. The molecule has 1 amide bonds. The van der Waals surface area contributed by atoms with Crippen LogP contribution in [0.25, 0.3) is 0 Å².